The number of para-hydroxylation sites is 1. The molecule has 0 bridgehead atoms. The quantitative estimate of drug-likeness (QED) is 0.699. The number of hydrogen-bond donors (Lipinski definition) is 1. The van der Waals surface area contributed by atoms with Crippen molar-refractivity contribution < 1.29 is 0 Å². The molecule has 1 nitrogen and oxygen atoms in total. The number of rotatable bonds is 2. The van der Waals surface area contributed by atoms with Crippen molar-refractivity contribution in [3.05, 3.63) is 36.4 Å². The van der Waals surface area contributed by atoms with Crippen LogP contribution in [0.4, 0.5) is 5.69 Å². The van der Waals surface area contributed by atoms with E-state index in [4.69, 9.17) is 0 Å². The van der Waals surface area contributed by atoms with Crippen molar-refractivity contribution in [1.29, 1.82) is 0 Å². The molecule has 1 unspecified atom stereocenters. The predicted octanol–water partition coefficient (Wildman–Crippen LogP) is 3.03. The van der Waals surface area contributed by atoms with E-state index in [1.54, 1.807) is 0 Å². The van der Waals surface area contributed by atoms with Gasteiger partial charge in [-0.3, -0.25) is 0 Å². The highest BCUT2D eigenvalue weighted by Gasteiger charge is 2.21. The maximum absolute atomic E-state index is 3.27. The van der Waals surface area contributed by atoms with E-state index in [0.29, 0.717) is 5.92 Å². The molecule has 1 aliphatic rings. The van der Waals surface area contributed by atoms with Gasteiger partial charge in [-0.2, -0.15) is 0 Å². The summed E-state index contributed by atoms with van der Waals surface area (Å²) in [6, 6.07) is 8.44. The van der Waals surface area contributed by atoms with E-state index < -0.39 is 0 Å². The molecule has 1 aromatic rings. The third kappa shape index (κ3) is 1.20. The van der Waals surface area contributed by atoms with Gasteiger partial charge in [0.25, 0.3) is 0 Å². The van der Waals surface area contributed by atoms with Crippen LogP contribution >= 0.6 is 0 Å². The van der Waals surface area contributed by atoms with Crippen LogP contribution < -0.4 is 5.32 Å². The fraction of sp³-hybridized carbons (Fsp3) is 0.364. The Kier molecular flexibility index (Phi) is 2.03. The topological polar surface area (TPSA) is 12.0 Å². The molecule has 0 spiro atoms. The molecule has 1 aromatic carbocycles. The third-order valence-electron chi connectivity index (χ3n) is 2.29. The van der Waals surface area contributed by atoms with Crippen LogP contribution in [0.3, 0.4) is 0 Å². The molecule has 0 fully saturated rings. The second-order valence-corrected chi connectivity index (χ2v) is 3.20. The number of hydrogen-bond acceptors (Lipinski definition) is 1. The number of benzene rings is 1. The lowest BCUT2D eigenvalue weighted by Gasteiger charge is -2.05. The molecule has 2 radical (unpaired) electrons. The van der Waals surface area contributed by atoms with Gasteiger partial charge in [0.05, 0.1) is 6.54 Å². The smallest absolute Gasteiger partial charge is 0.0963 e. The summed E-state index contributed by atoms with van der Waals surface area (Å²) >= 11 is 0. The highest BCUT2D eigenvalue weighted by Crippen LogP contribution is 2.36. The molecular weight excluding hydrogens is 146 g/mol. The molecule has 1 N–H and O–H groups in total. The Balaban J connectivity index is 2.24. The van der Waals surface area contributed by atoms with Gasteiger partial charge in [0.1, 0.15) is 0 Å². The van der Waals surface area contributed by atoms with E-state index in [0.717, 1.165) is 0 Å². The standard InChI is InChI=1S/C11H13N/c1-2-5-9-8-12-11-7-4-3-6-10(9)11/h3-4,6-7,9,12H,2,5H2,1H3. The predicted molar refractivity (Wildman–Crippen MR) is 51.0 cm³/mol. The molecule has 0 aromatic heterocycles. The highest BCUT2D eigenvalue weighted by atomic mass is 14.9. The van der Waals surface area contributed by atoms with Gasteiger partial charge in [0, 0.05) is 11.6 Å². The van der Waals surface area contributed by atoms with Gasteiger partial charge in [-0.15, -0.1) is 0 Å². The van der Waals surface area contributed by atoms with Crippen LogP contribution in [-0.2, 0) is 0 Å². The zero-order valence-electron chi connectivity index (χ0n) is 7.30. The molecule has 1 atom stereocenters. The van der Waals surface area contributed by atoms with E-state index in [9.17, 15) is 0 Å². The third-order valence-corrected chi connectivity index (χ3v) is 2.29. The molecule has 0 saturated heterocycles. The van der Waals surface area contributed by atoms with Crippen LogP contribution in [0.2, 0.25) is 0 Å². The second kappa shape index (κ2) is 3.18. The van der Waals surface area contributed by atoms with Crippen LogP contribution in [0, 0.1) is 6.54 Å². The first kappa shape index (κ1) is 7.66. The lowest BCUT2D eigenvalue weighted by atomic mass is 9.97. The molecule has 2 rings (SSSR count). The molecule has 62 valence electrons. The highest BCUT2D eigenvalue weighted by molar-refractivity contribution is 5.60. The summed E-state index contributed by atoms with van der Waals surface area (Å²) in [5, 5.41) is 3.18. The van der Waals surface area contributed by atoms with E-state index in [1.165, 1.54) is 24.1 Å². The van der Waals surface area contributed by atoms with E-state index in [2.05, 4.69) is 43.1 Å². The number of nitrogens with one attached hydrogen (secondary N) is 1. The molecular formula is C11H13N. The fourth-order valence-corrected chi connectivity index (χ4v) is 1.67. The normalized spacial score (nSPS) is 20.2. The fourth-order valence-electron chi connectivity index (χ4n) is 1.67. The summed E-state index contributed by atoms with van der Waals surface area (Å²) in [5.74, 6) is 0.506. The number of anilines is 1. The zero-order chi connectivity index (χ0) is 8.39. The van der Waals surface area contributed by atoms with Gasteiger partial charge in [0.2, 0.25) is 0 Å². The molecule has 0 saturated carbocycles. The van der Waals surface area contributed by atoms with Gasteiger partial charge < -0.3 is 5.32 Å². The average Bonchev–Trinajstić information content (AvgIpc) is 2.50. The maximum Gasteiger partial charge on any atom is 0.0963 e. The summed E-state index contributed by atoms with van der Waals surface area (Å²) in [6.07, 6.45) is 2.41. The average molecular weight is 159 g/mol. The minimum Gasteiger partial charge on any atom is -0.374 e. The Labute approximate surface area is 73.8 Å². The Morgan fingerprint density at radius 1 is 1.42 bits per heavy atom. The zero-order valence-corrected chi connectivity index (χ0v) is 7.30. The van der Waals surface area contributed by atoms with E-state index in [-0.39, 0.29) is 0 Å². The summed E-state index contributed by atoms with van der Waals surface area (Å²) in [7, 11) is 0. The lowest BCUT2D eigenvalue weighted by molar-refractivity contribution is 0.703. The van der Waals surface area contributed by atoms with E-state index >= 15 is 0 Å². The lowest BCUT2D eigenvalue weighted by Crippen LogP contribution is -1.93. The first-order valence-electron chi connectivity index (χ1n) is 4.52. The Hall–Kier alpha value is -0.980. The molecule has 0 aliphatic carbocycles. The monoisotopic (exact) mass is 159 g/mol. The van der Waals surface area contributed by atoms with Crippen molar-refractivity contribution >= 4 is 5.69 Å². The SMILES string of the molecule is CCCC1[C]Nc2ccccc21. The van der Waals surface area contributed by atoms with E-state index in [1.807, 2.05) is 0 Å². The Morgan fingerprint density at radius 3 is 3.08 bits per heavy atom. The molecule has 1 aliphatic heterocycles. The van der Waals surface area contributed by atoms with Gasteiger partial charge in [0.15, 0.2) is 0 Å². The first-order chi connectivity index (χ1) is 5.92. The molecule has 1 heteroatoms. The van der Waals surface area contributed by atoms with Crippen LogP contribution in [-0.4, -0.2) is 0 Å². The van der Waals surface area contributed by atoms with Crippen molar-refractivity contribution in [2.24, 2.45) is 0 Å². The summed E-state index contributed by atoms with van der Waals surface area (Å²) in [5.41, 5.74) is 2.63. The van der Waals surface area contributed by atoms with Crippen LogP contribution in [0.5, 0.6) is 0 Å². The summed E-state index contributed by atoms with van der Waals surface area (Å²) < 4.78 is 0. The van der Waals surface area contributed by atoms with Crippen molar-refractivity contribution in [3.8, 4) is 0 Å². The Morgan fingerprint density at radius 2 is 2.25 bits per heavy atom. The minimum absolute atomic E-state index is 0.506. The van der Waals surface area contributed by atoms with Crippen molar-refractivity contribution in [2.45, 2.75) is 25.7 Å². The Bertz CT molecular complexity index is 265. The summed E-state index contributed by atoms with van der Waals surface area (Å²) in [6.45, 7) is 5.48. The van der Waals surface area contributed by atoms with Crippen molar-refractivity contribution in [2.75, 3.05) is 5.32 Å². The minimum atomic E-state index is 0.506. The first-order valence-corrected chi connectivity index (χ1v) is 4.52. The van der Waals surface area contributed by atoms with Gasteiger partial charge in [-0.25, -0.2) is 0 Å². The maximum atomic E-state index is 3.27. The van der Waals surface area contributed by atoms with Crippen LogP contribution in [0.1, 0.15) is 31.2 Å². The number of fused-ring (bicyclic) bond motifs is 1. The second-order valence-electron chi connectivity index (χ2n) is 3.20. The summed E-state index contributed by atoms with van der Waals surface area (Å²) in [4.78, 5) is 0. The molecule has 0 amide bonds. The van der Waals surface area contributed by atoms with Crippen molar-refractivity contribution in [3.63, 3.8) is 0 Å². The van der Waals surface area contributed by atoms with Gasteiger partial charge in [-0.1, -0.05) is 31.5 Å². The largest absolute Gasteiger partial charge is 0.374 e. The van der Waals surface area contributed by atoms with Crippen LogP contribution in [0.15, 0.2) is 24.3 Å². The van der Waals surface area contributed by atoms with Gasteiger partial charge >= 0.3 is 0 Å². The molecule has 12 heavy (non-hydrogen) atoms. The van der Waals surface area contributed by atoms with Crippen molar-refractivity contribution in [1.82, 2.24) is 0 Å². The van der Waals surface area contributed by atoms with Crippen LogP contribution in [0.25, 0.3) is 0 Å². The van der Waals surface area contributed by atoms with Gasteiger partial charge in [-0.05, 0) is 18.1 Å². The molecule has 1 heterocycles.